The maximum absolute atomic E-state index is 4.62. The van der Waals surface area contributed by atoms with Gasteiger partial charge in [-0.3, -0.25) is 0 Å². The van der Waals surface area contributed by atoms with Gasteiger partial charge in [0, 0.05) is 23.5 Å². The van der Waals surface area contributed by atoms with E-state index in [4.69, 9.17) is 0 Å². The van der Waals surface area contributed by atoms with Crippen LogP contribution in [0.15, 0.2) is 6.20 Å². The normalized spacial score (nSPS) is 21.9. The van der Waals surface area contributed by atoms with Gasteiger partial charge in [-0.2, -0.15) is 0 Å². The Bertz CT molecular complexity index is 337. The van der Waals surface area contributed by atoms with Crippen LogP contribution in [0.1, 0.15) is 35.1 Å². The average Bonchev–Trinajstić information content (AvgIpc) is 2.78. The quantitative estimate of drug-likeness (QED) is 0.815. The van der Waals surface area contributed by atoms with Gasteiger partial charge in [-0.15, -0.1) is 11.3 Å². The molecule has 0 radical (unpaired) electrons. The van der Waals surface area contributed by atoms with Gasteiger partial charge in [-0.25, -0.2) is 4.98 Å². The lowest BCUT2D eigenvalue weighted by atomic mass is 9.99. The summed E-state index contributed by atoms with van der Waals surface area (Å²) < 4.78 is 0. The number of hydrogen-bond acceptors (Lipinski definition) is 4. The van der Waals surface area contributed by atoms with Gasteiger partial charge < -0.3 is 10.2 Å². The van der Waals surface area contributed by atoms with Crippen molar-refractivity contribution in [2.75, 3.05) is 33.7 Å². The Hall–Kier alpha value is -0.450. The van der Waals surface area contributed by atoms with E-state index in [1.807, 2.05) is 18.4 Å². The second-order valence-corrected chi connectivity index (χ2v) is 6.12. The number of likely N-dealkylation sites (N-methyl/N-ethyl adjacent to an activating group) is 1. The molecule has 4 heteroatoms. The minimum atomic E-state index is 0.678. The second-order valence-electron chi connectivity index (χ2n) is 4.97. The number of nitrogens with zero attached hydrogens (tertiary/aromatic N) is 2. The molecule has 1 atom stereocenters. The van der Waals surface area contributed by atoms with E-state index in [1.165, 1.54) is 48.7 Å². The zero-order chi connectivity index (χ0) is 12.1. The molecule has 1 aliphatic rings. The highest BCUT2D eigenvalue weighted by Gasteiger charge is 2.21. The fourth-order valence-electron chi connectivity index (χ4n) is 2.43. The highest BCUT2D eigenvalue weighted by atomic mass is 32.1. The number of aromatic nitrogens is 1. The number of rotatable bonds is 5. The van der Waals surface area contributed by atoms with E-state index >= 15 is 0 Å². The Morgan fingerprint density at radius 2 is 2.47 bits per heavy atom. The molecule has 0 aliphatic carbocycles. The van der Waals surface area contributed by atoms with Crippen LogP contribution in [-0.4, -0.2) is 43.6 Å². The van der Waals surface area contributed by atoms with Crippen LogP contribution in [0.5, 0.6) is 0 Å². The van der Waals surface area contributed by atoms with Crippen LogP contribution in [0, 0.1) is 0 Å². The topological polar surface area (TPSA) is 28.2 Å². The molecule has 1 fully saturated rings. The molecular formula is C13H23N3S. The van der Waals surface area contributed by atoms with Gasteiger partial charge in [0.25, 0.3) is 0 Å². The first-order valence-electron chi connectivity index (χ1n) is 6.57. The summed E-state index contributed by atoms with van der Waals surface area (Å²) in [7, 11) is 4.23. The Morgan fingerprint density at radius 3 is 3.24 bits per heavy atom. The SMILES string of the molecule is CNCCCc1cnc(C2CCCN(C)C2)s1. The van der Waals surface area contributed by atoms with Gasteiger partial charge >= 0.3 is 0 Å². The smallest absolute Gasteiger partial charge is 0.0971 e. The first-order valence-corrected chi connectivity index (χ1v) is 7.39. The number of piperidine rings is 1. The highest BCUT2D eigenvalue weighted by molar-refractivity contribution is 7.11. The van der Waals surface area contributed by atoms with Crippen LogP contribution >= 0.6 is 11.3 Å². The van der Waals surface area contributed by atoms with E-state index in [0.717, 1.165) is 6.54 Å². The van der Waals surface area contributed by atoms with E-state index in [9.17, 15) is 0 Å². The van der Waals surface area contributed by atoms with Gasteiger partial charge in [0.1, 0.15) is 0 Å². The van der Waals surface area contributed by atoms with E-state index in [1.54, 1.807) is 0 Å². The van der Waals surface area contributed by atoms with Crippen molar-refractivity contribution in [3.8, 4) is 0 Å². The predicted molar refractivity (Wildman–Crippen MR) is 73.8 cm³/mol. The van der Waals surface area contributed by atoms with Crippen LogP contribution < -0.4 is 5.32 Å². The third kappa shape index (κ3) is 3.76. The molecule has 2 heterocycles. The van der Waals surface area contributed by atoms with Crippen LogP contribution in [0.4, 0.5) is 0 Å². The average molecular weight is 253 g/mol. The minimum absolute atomic E-state index is 0.678. The summed E-state index contributed by atoms with van der Waals surface area (Å²) in [6.07, 6.45) is 7.09. The Labute approximate surface area is 108 Å². The summed E-state index contributed by atoms with van der Waals surface area (Å²) in [6.45, 7) is 3.53. The summed E-state index contributed by atoms with van der Waals surface area (Å²) in [4.78, 5) is 8.50. The van der Waals surface area contributed by atoms with Crippen LogP contribution in [0.25, 0.3) is 0 Å². The van der Waals surface area contributed by atoms with Gasteiger partial charge in [-0.1, -0.05) is 0 Å². The summed E-state index contributed by atoms with van der Waals surface area (Å²) >= 11 is 1.93. The molecule has 96 valence electrons. The first kappa shape index (κ1) is 13.0. The van der Waals surface area contributed by atoms with E-state index in [0.29, 0.717) is 5.92 Å². The fourth-order valence-corrected chi connectivity index (χ4v) is 3.52. The van der Waals surface area contributed by atoms with E-state index in [2.05, 4.69) is 28.4 Å². The molecule has 0 saturated carbocycles. The van der Waals surface area contributed by atoms with Crippen molar-refractivity contribution in [3.63, 3.8) is 0 Å². The lowest BCUT2D eigenvalue weighted by molar-refractivity contribution is 0.250. The molecule has 0 amide bonds. The molecule has 17 heavy (non-hydrogen) atoms. The Balaban J connectivity index is 1.88. The minimum Gasteiger partial charge on any atom is -0.320 e. The number of aryl methyl sites for hydroxylation is 1. The summed E-state index contributed by atoms with van der Waals surface area (Å²) in [5, 5.41) is 4.55. The predicted octanol–water partition coefficient (Wildman–Crippen LogP) is 2.10. The second kappa shape index (κ2) is 6.47. The maximum Gasteiger partial charge on any atom is 0.0971 e. The molecule has 1 N–H and O–H groups in total. The van der Waals surface area contributed by atoms with Crippen LogP contribution in [-0.2, 0) is 6.42 Å². The molecular weight excluding hydrogens is 230 g/mol. The van der Waals surface area contributed by atoms with Crippen LogP contribution in [0.2, 0.25) is 0 Å². The van der Waals surface area contributed by atoms with Crippen molar-refractivity contribution in [2.24, 2.45) is 0 Å². The van der Waals surface area contributed by atoms with Crippen molar-refractivity contribution in [1.82, 2.24) is 15.2 Å². The standard InChI is InChI=1S/C13H23N3S/c1-14-7-3-6-12-9-15-13(17-12)11-5-4-8-16(2)10-11/h9,11,14H,3-8,10H2,1-2H3. The van der Waals surface area contributed by atoms with Crippen molar-refractivity contribution in [3.05, 3.63) is 16.1 Å². The molecule has 2 rings (SSSR count). The molecule has 0 spiro atoms. The van der Waals surface area contributed by atoms with Gasteiger partial charge in [-0.05, 0) is 52.9 Å². The number of likely N-dealkylation sites (tertiary alicyclic amines) is 1. The summed E-state index contributed by atoms with van der Waals surface area (Å²) in [6, 6.07) is 0. The van der Waals surface area contributed by atoms with E-state index < -0.39 is 0 Å². The lowest BCUT2D eigenvalue weighted by Crippen LogP contribution is -2.30. The molecule has 1 aromatic heterocycles. The largest absolute Gasteiger partial charge is 0.320 e. The van der Waals surface area contributed by atoms with Crippen molar-refractivity contribution < 1.29 is 0 Å². The number of thiazole rings is 1. The third-order valence-electron chi connectivity index (χ3n) is 3.40. The highest BCUT2D eigenvalue weighted by Crippen LogP contribution is 2.29. The van der Waals surface area contributed by atoms with Crippen molar-refractivity contribution in [2.45, 2.75) is 31.6 Å². The van der Waals surface area contributed by atoms with Crippen molar-refractivity contribution in [1.29, 1.82) is 0 Å². The number of nitrogens with one attached hydrogen (secondary N) is 1. The lowest BCUT2D eigenvalue weighted by Gasteiger charge is -2.28. The van der Waals surface area contributed by atoms with Gasteiger partial charge in [0.15, 0.2) is 0 Å². The Kier molecular flexibility index (Phi) is 4.95. The molecule has 3 nitrogen and oxygen atoms in total. The zero-order valence-corrected chi connectivity index (χ0v) is 11.7. The van der Waals surface area contributed by atoms with Crippen molar-refractivity contribution >= 4 is 11.3 Å². The molecule has 1 unspecified atom stereocenters. The van der Waals surface area contributed by atoms with Gasteiger partial charge in [0.05, 0.1) is 5.01 Å². The fraction of sp³-hybridized carbons (Fsp3) is 0.769. The first-order chi connectivity index (χ1) is 8.29. The monoisotopic (exact) mass is 253 g/mol. The maximum atomic E-state index is 4.62. The molecule has 1 saturated heterocycles. The zero-order valence-electron chi connectivity index (χ0n) is 10.9. The molecule has 0 aromatic carbocycles. The Morgan fingerprint density at radius 1 is 1.59 bits per heavy atom. The summed E-state index contributed by atoms with van der Waals surface area (Å²) in [5.41, 5.74) is 0. The summed E-state index contributed by atoms with van der Waals surface area (Å²) in [5.74, 6) is 0.678. The molecule has 1 aromatic rings. The molecule has 1 aliphatic heterocycles. The van der Waals surface area contributed by atoms with Gasteiger partial charge in [0.2, 0.25) is 0 Å². The van der Waals surface area contributed by atoms with E-state index in [-0.39, 0.29) is 0 Å². The number of hydrogen-bond donors (Lipinski definition) is 1. The van der Waals surface area contributed by atoms with Crippen LogP contribution in [0.3, 0.4) is 0 Å². The third-order valence-corrected chi connectivity index (χ3v) is 4.61. The molecule has 0 bridgehead atoms.